The summed E-state index contributed by atoms with van der Waals surface area (Å²) in [5.74, 6) is 0. The molecule has 0 aliphatic rings. The van der Waals surface area contributed by atoms with Crippen LogP contribution < -0.4 is 15.3 Å². The first-order valence-corrected chi connectivity index (χ1v) is 9.89. The van der Waals surface area contributed by atoms with Crippen LogP contribution in [0.5, 0.6) is 0 Å². The second kappa shape index (κ2) is 7.66. The van der Waals surface area contributed by atoms with Gasteiger partial charge in [-0.2, -0.15) is 0 Å². The Morgan fingerprint density at radius 1 is 0.840 bits per heavy atom. The summed E-state index contributed by atoms with van der Waals surface area (Å²) in [4.78, 5) is 0. The summed E-state index contributed by atoms with van der Waals surface area (Å²) in [7, 11) is -3.34. The third-order valence-electron chi connectivity index (χ3n) is 3.93. The van der Waals surface area contributed by atoms with Gasteiger partial charge in [-0.25, -0.2) is 5.09 Å². The van der Waals surface area contributed by atoms with Gasteiger partial charge in [0, 0.05) is 17.9 Å². The summed E-state index contributed by atoms with van der Waals surface area (Å²) in [6.45, 7) is 2.47. The molecular weight excluding hydrogens is 329 g/mol. The molecule has 1 atom stereocenters. The first-order valence-electron chi connectivity index (χ1n) is 8.16. The van der Waals surface area contributed by atoms with Gasteiger partial charge in [-0.3, -0.25) is 14.7 Å². The zero-order valence-corrected chi connectivity index (χ0v) is 15.1. The van der Waals surface area contributed by atoms with E-state index >= 15 is 0 Å². The number of nitrogens with zero attached hydrogens (tertiary/aromatic N) is 1. The largest absolute Gasteiger partial charge is 0.308 e. The highest BCUT2D eigenvalue weighted by Gasteiger charge is 2.27. The summed E-state index contributed by atoms with van der Waals surface area (Å²) in [6.07, 6.45) is 0. The van der Waals surface area contributed by atoms with Crippen molar-refractivity contribution in [3.63, 3.8) is 0 Å². The molecule has 3 aromatic carbocycles. The van der Waals surface area contributed by atoms with Crippen LogP contribution >= 0.6 is 7.59 Å². The number of nitrogens with one attached hydrogen (secondary N) is 1. The molecule has 0 amide bonds. The molecule has 0 radical (unpaired) electrons. The van der Waals surface area contributed by atoms with Crippen LogP contribution in [0, 0.1) is 6.92 Å². The molecule has 0 aliphatic carbocycles. The van der Waals surface area contributed by atoms with E-state index < -0.39 is 7.59 Å². The Bertz CT molecular complexity index is 812. The summed E-state index contributed by atoms with van der Waals surface area (Å²) in [5.41, 5.74) is 10.1. The third kappa shape index (κ3) is 4.37. The van der Waals surface area contributed by atoms with Crippen LogP contribution in [0.15, 0.2) is 84.9 Å². The molecule has 3 N–H and O–H groups in total. The van der Waals surface area contributed by atoms with Gasteiger partial charge in [0.05, 0.1) is 0 Å². The lowest BCUT2D eigenvalue weighted by molar-refractivity contribution is 0.564. The predicted octanol–water partition coefficient (Wildman–Crippen LogP) is 4.99. The molecule has 0 fully saturated rings. The second-order valence-electron chi connectivity index (χ2n) is 5.93. The number of nitrogens with two attached hydrogens (primary N) is 1. The highest BCUT2D eigenvalue weighted by atomic mass is 31.2. The van der Waals surface area contributed by atoms with Crippen LogP contribution in [0.25, 0.3) is 0 Å². The quantitative estimate of drug-likeness (QED) is 0.614. The van der Waals surface area contributed by atoms with E-state index in [9.17, 15) is 4.57 Å². The maximum Gasteiger partial charge on any atom is 0.308 e. The molecule has 1 unspecified atom stereocenters. The van der Waals surface area contributed by atoms with Crippen LogP contribution in [-0.4, -0.2) is 0 Å². The van der Waals surface area contributed by atoms with E-state index in [4.69, 9.17) is 5.50 Å². The monoisotopic (exact) mass is 351 g/mol. The van der Waals surface area contributed by atoms with Gasteiger partial charge in [0.2, 0.25) is 0 Å². The number of hydrogen-bond acceptors (Lipinski definition) is 1. The zero-order chi connectivity index (χ0) is 17.7. The van der Waals surface area contributed by atoms with Gasteiger partial charge in [0.15, 0.2) is 0 Å². The summed E-state index contributed by atoms with van der Waals surface area (Å²) in [6, 6.07) is 27.2. The maximum atomic E-state index is 13.3. The number of benzene rings is 3. The number of para-hydroxylation sites is 2. The molecule has 25 heavy (non-hydrogen) atoms. The number of aryl methyl sites for hydroxylation is 1. The molecule has 3 rings (SSSR count). The number of anilines is 2. The van der Waals surface area contributed by atoms with Crippen LogP contribution in [0.2, 0.25) is 0 Å². The van der Waals surface area contributed by atoms with Crippen molar-refractivity contribution in [2.45, 2.75) is 13.5 Å². The van der Waals surface area contributed by atoms with Crippen molar-refractivity contribution in [2.75, 3.05) is 4.67 Å². The van der Waals surface area contributed by atoms with Gasteiger partial charge in [0.1, 0.15) is 0 Å². The normalized spacial score (nSPS) is 13.2. The third-order valence-corrected chi connectivity index (χ3v) is 5.60. The van der Waals surface area contributed by atoms with E-state index in [2.05, 4.69) is 5.09 Å². The van der Waals surface area contributed by atoms with Crippen molar-refractivity contribution in [3.8, 4) is 0 Å². The number of rotatable bonds is 6. The summed E-state index contributed by atoms with van der Waals surface area (Å²) >= 11 is 0. The van der Waals surface area contributed by atoms with Crippen molar-refractivity contribution in [2.24, 2.45) is 5.50 Å². The fourth-order valence-electron chi connectivity index (χ4n) is 2.61. The highest BCUT2D eigenvalue weighted by molar-refractivity contribution is 7.61. The van der Waals surface area contributed by atoms with E-state index in [-0.39, 0.29) is 0 Å². The van der Waals surface area contributed by atoms with Gasteiger partial charge < -0.3 is 0 Å². The molecule has 3 aromatic rings. The Morgan fingerprint density at radius 3 is 1.80 bits per heavy atom. The van der Waals surface area contributed by atoms with E-state index in [1.165, 1.54) is 5.56 Å². The molecule has 0 aromatic heterocycles. The van der Waals surface area contributed by atoms with E-state index in [1.54, 1.807) is 4.67 Å². The minimum Gasteiger partial charge on any atom is -0.268 e. The first-order chi connectivity index (χ1) is 12.1. The topological polar surface area (TPSA) is 58.4 Å². The van der Waals surface area contributed by atoms with Crippen LogP contribution in [-0.2, 0) is 11.1 Å². The molecule has 0 saturated heterocycles. The number of hydrogen-bond donors (Lipinski definition) is 2. The molecule has 5 heteroatoms. The predicted molar refractivity (Wildman–Crippen MR) is 105 cm³/mol. The van der Waals surface area contributed by atoms with Gasteiger partial charge in [-0.15, -0.1) is 0 Å². The van der Waals surface area contributed by atoms with Crippen LogP contribution in [0.1, 0.15) is 11.1 Å². The second-order valence-corrected chi connectivity index (χ2v) is 7.89. The lowest BCUT2D eigenvalue weighted by atomic mass is 10.2. The minimum absolute atomic E-state index is 0.435. The van der Waals surface area contributed by atoms with Gasteiger partial charge in [0.25, 0.3) is 0 Å². The van der Waals surface area contributed by atoms with Crippen molar-refractivity contribution >= 4 is 19.0 Å². The average Bonchev–Trinajstić information content (AvgIpc) is 2.63. The SMILES string of the molecule is Cc1ccc(CNP(N)(=O)N(c2ccccc2)c2ccccc2)cc1. The Kier molecular flexibility index (Phi) is 5.34. The van der Waals surface area contributed by atoms with Crippen molar-refractivity contribution in [3.05, 3.63) is 96.1 Å². The van der Waals surface area contributed by atoms with Crippen LogP contribution in [0.4, 0.5) is 11.4 Å². The van der Waals surface area contributed by atoms with Gasteiger partial charge >= 0.3 is 7.59 Å². The van der Waals surface area contributed by atoms with Crippen LogP contribution in [0.3, 0.4) is 0 Å². The molecule has 4 nitrogen and oxygen atoms in total. The Morgan fingerprint density at radius 2 is 1.32 bits per heavy atom. The molecule has 0 bridgehead atoms. The zero-order valence-electron chi connectivity index (χ0n) is 14.2. The molecule has 0 aliphatic heterocycles. The highest BCUT2D eigenvalue weighted by Crippen LogP contribution is 2.47. The molecular formula is C20H22N3OP. The van der Waals surface area contributed by atoms with Crippen molar-refractivity contribution in [1.82, 2.24) is 5.09 Å². The van der Waals surface area contributed by atoms with Crippen molar-refractivity contribution in [1.29, 1.82) is 0 Å². The summed E-state index contributed by atoms with van der Waals surface area (Å²) in [5, 5.41) is 3.05. The summed E-state index contributed by atoms with van der Waals surface area (Å²) < 4.78 is 15.0. The molecule has 0 heterocycles. The molecule has 0 spiro atoms. The molecule has 128 valence electrons. The minimum atomic E-state index is -3.34. The molecule has 0 saturated carbocycles. The maximum absolute atomic E-state index is 13.3. The Balaban J connectivity index is 1.89. The van der Waals surface area contributed by atoms with E-state index in [1.807, 2.05) is 91.9 Å². The Hall–Kier alpha value is -2.39. The van der Waals surface area contributed by atoms with Gasteiger partial charge in [-0.1, -0.05) is 66.2 Å². The Labute approximate surface area is 148 Å². The lowest BCUT2D eigenvalue weighted by Gasteiger charge is -2.31. The average molecular weight is 351 g/mol. The first kappa shape index (κ1) is 17.4. The fourth-order valence-corrected chi connectivity index (χ4v) is 4.12. The van der Waals surface area contributed by atoms with E-state index in [0.717, 1.165) is 16.9 Å². The fraction of sp³-hybridized carbons (Fsp3) is 0.100. The van der Waals surface area contributed by atoms with E-state index in [0.29, 0.717) is 6.54 Å². The standard InChI is InChI=1S/C20H22N3OP/c1-17-12-14-18(15-13-17)16-22-25(21,24)23(19-8-4-2-5-9-19)20-10-6-3-7-11-20/h2-15H,16H2,1H3,(H3,21,22,24). The van der Waals surface area contributed by atoms with Gasteiger partial charge in [-0.05, 0) is 36.8 Å². The van der Waals surface area contributed by atoms with Crippen molar-refractivity contribution < 1.29 is 4.57 Å². The smallest absolute Gasteiger partial charge is 0.268 e. The lowest BCUT2D eigenvalue weighted by Crippen LogP contribution is -2.29.